The Bertz CT molecular complexity index is 27.0. The average molecular weight is 141 g/mol. The molecule has 0 unspecified atom stereocenters. The molecule has 0 aromatic rings. The van der Waals surface area contributed by atoms with E-state index < -0.39 is 9.29 Å². The topological polar surface area (TPSA) is 34.1 Å². The maximum atomic E-state index is 8.40. The number of hydrogen-bond donors (Lipinski definition) is 0. The summed E-state index contributed by atoms with van der Waals surface area (Å²) in [6.07, 6.45) is 0. The third kappa shape index (κ3) is 43.8. The second kappa shape index (κ2) is 10.3. The van der Waals surface area contributed by atoms with Crippen LogP contribution in [0.25, 0.3) is 0 Å². The van der Waals surface area contributed by atoms with Crippen LogP contribution in [0.1, 0.15) is 0 Å². The fourth-order valence-electron chi connectivity index (χ4n) is 0. The van der Waals surface area contributed by atoms with Crippen LogP contribution in [-0.2, 0) is 8.92 Å². The summed E-state index contributed by atoms with van der Waals surface area (Å²) in [5.41, 5.74) is 0. The van der Waals surface area contributed by atoms with Gasteiger partial charge in [-0.3, -0.25) is 8.92 Å². The first-order valence-corrected chi connectivity index (χ1v) is 1.22. The lowest BCUT2D eigenvalue weighted by molar-refractivity contribution is 0.497. The van der Waals surface area contributed by atoms with Crippen LogP contribution in [0.15, 0.2) is 0 Å². The Morgan fingerprint density at radius 1 is 1.25 bits per heavy atom. The van der Waals surface area contributed by atoms with Crippen molar-refractivity contribution in [2.24, 2.45) is 0 Å². The molecule has 0 atom stereocenters. The molecule has 0 saturated heterocycles. The van der Waals surface area contributed by atoms with Crippen molar-refractivity contribution in [3.8, 4) is 0 Å². The van der Waals surface area contributed by atoms with E-state index in [-0.39, 0.29) is 17.0 Å². The molecular formula is HBrO2Si. The van der Waals surface area contributed by atoms with Crippen LogP contribution < -0.4 is 0 Å². The maximum absolute atomic E-state index is 8.40. The Morgan fingerprint density at radius 2 is 1.25 bits per heavy atom. The van der Waals surface area contributed by atoms with Gasteiger partial charge in [0.2, 0.25) is 0 Å². The molecule has 0 saturated carbocycles. The van der Waals surface area contributed by atoms with Crippen molar-refractivity contribution in [2.45, 2.75) is 0 Å². The largest absolute Gasteiger partial charge is 0.549 e. The highest BCUT2D eigenvalue weighted by Gasteiger charge is 1.22. The summed E-state index contributed by atoms with van der Waals surface area (Å²) >= 11 is 0. The first kappa shape index (κ1) is 8.85. The van der Waals surface area contributed by atoms with Gasteiger partial charge in [-0.1, -0.05) is 0 Å². The molecule has 0 aromatic heterocycles. The summed E-state index contributed by atoms with van der Waals surface area (Å²) in [6.45, 7) is 0. The summed E-state index contributed by atoms with van der Waals surface area (Å²) < 4.78 is 16.8. The van der Waals surface area contributed by atoms with E-state index in [2.05, 4.69) is 0 Å². The SMILES string of the molecule is Br.O=[Si]=O. The van der Waals surface area contributed by atoms with Crippen LogP contribution in [0.3, 0.4) is 0 Å². The van der Waals surface area contributed by atoms with Crippen LogP contribution in [0.4, 0.5) is 0 Å². The van der Waals surface area contributed by atoms with Crippen molar-refractivity contribution < 1.29 is 8.92 Å². The molecule has 4 heteroatoms. The van der Waals surface area contributed by atoms with Crippen LogP contribution in [-0.4, -0.2) is 9.29 Å². The van der Waals surface area contributed by atoms with Crippen molar-refractivity contribution in [3.05, 3.63) is 0 Å². The van der Waals surface area contributed by atoms with Gasteiger partial charge in [-0.25, -0.2) is 0 Å². The highest BCUT2D eigenvalue weighted by Crippen LogP contribution is 0.846. The molecule has 0 aliphatic carbocycles. The molecule has 0 amide bonds. The minimum Gasteiger partial charge on any atom is -0.274 e. The van der Waals surface area contributed by atoms with Crippen molar-refractivity contribution in [1.29, 1.82) is 0 Å². The van der Waals surface area contributed by atoms with Crippen molar-refractivity contribution in [1.82, 2.24) is 0 Å². The lowest BCUT2D eigenvalue weighted by Gasteiger charge is -0.944. The Morgan fingerprint density at radius 3 is 1.25 bits per heavy atom. The van der Waals surface area contributed by atoms with Crippen LogP contribution in [0.2, 0.25) is 0 Å². The Hall–Kier alpha value is 0.297. The minimum atomic E-state index is -1.42. The minimum absolute atomic E-state index is 0. The van der Waals surface area contributed by atoms with Gasteiger partial charge in [0, 0.05) is 0 Å². The summed E-state index contributed by atoms with van der Waals surface area (Å²) in [7, 11) is -1.42. The molecule has 2 nitrogen and oxygen atoms in total. The maximum Gasteiger partial charge on any atom is 0.549 e. The van der Waals surface area contributed by atoms with Gasteiger partial charge in [0.15, 0.2) is 0 Å². The smallest absolute Gasteiger partial charge is 0.274 e. The van der Waals surface area contributed by atoms with E-state index in [4.69, 9.17) is 8.92 Å². The summed E-state index contributed by atoms with van der Waals surface area (Å²) in [4.78, 5) is 0. The predicted octanol–water partition coefficient (Wildman–Crippen LogP) is -0.0405. The van der Waals surface area contributed by atoms with Gasteiger partial charge in [-0.15, -0.1) is 17.0 Å². The Balaban J connectivity index is 0. The first-order valence-electron chi connectivity index (χ1n) is 0.408. The third-order valence-corrected chi connectivity index (χ3v) is 0. The van der Waals surface area contributed by atoms with E-state index in [1.165, 1.54) is 0 Å². The molecule has 0 aliphatic rings. The first-order chi connectivity index (χ1) is 1.41. The fraction of sp³-hybridized carbons (Fsp3) is 0. The lowest BCUT2D eigenvalue weighted by Crippen LogP contribution is -1.26. The second-order valence-corrected chi connectivity index (χ2v) is 0.250. The lowest BCUT2D eigenvalue weighted by atomic mass is 15.9. The molecule has 0 spiro atoms. The summed E-state index contributed by atoms with van der Waals surface area (Å²) in [5.74, 6) is 0. The molecule has 0 N–H and O–H groups in total. The summed E-state index contributed by atoms with van der Waals surface area (Å²) in [5, 5.41) is 0. The molecule has 0 bridgehead atoms. The monoisotopic (exact) mass is 140 g/mol. The Kier molecular flexibility index (Phi) is 22.9. The third-order valence-electron chi connectivity index (χ3n) is 0. The molecule has 4 heavy (non-hydrogen) atoms. The highest BCUT2D eigenvalue weighted by atomic mass is 79.9. The van der Waals surface area contributed by atoms with E-state index in [9.17, 15) is 0 Å². The number of hydrogen-bond acceptors (Lipinski definition) is 2. The van der Waals surface area contributed by atoms with Gasteiger partial charge < -0.3 is 0 Å². The average Bonchev–Trinajstić information content (AvgIpc) is 0.918. The Labute approximate surface area is 35.9 Å². The fourth-order valence-corrected chi connectivity index (χ4v) is 0. The van der Waals surface area contributed by atoms with Crippen molar-refractivity contribution in [3.63, 3.8) is 0 Å². The molecule has 0 fully saturated rings. The van der Waals surface area contributed by atoms with E-state index in [0.29, 0.717) is 0 Å². The van der Waals surface area contributed by atoms with E-state index in [1.807, 2.05) is 0 Å². The molecule has 0 rings (SSSR count). The zero-order chi connectivity index (χ0) is 2.71. The standard InChI is InChI=1S/BrH.O2Si/c;1-3-2/h1H;. The molecule has 0 radical (unpaired) electrons. The predicted molar refractivity (Wildman–Crippen MR) is 17.4 cm³/mol. The van der Waals surface area contributed by atoms with Gasteiger partial charge in [0.25, 0.3) is 0 Å². The zero-order valence-electron chi connectivity index (χ0n) is 1.72. The molecule has 0 heterocycles. The van der Waals surface area contributed by atoms with Crippen LogP contribution >= 0.6 is 17.0 Å². The van der Waals surface area contributed by atoms with Gasteiger partial charge in [-0.05, 0) is 0 Å². The zero-order valence-corrected chi connectivity index (χ0v) is 4.44. The van der Waals surface area contributed by atoms with Crippen molar-refractivity contribution in [2.75, 3.05) is 0 Å². The van der Waals surface area contributed by atoms with E-state index in [1.54, 1.807) is 0 Å². The van der Waals surface area contributed by atoms with E-state index in [0.717, 1.165) is 0 Å². The van der Waals surface area contributed by atoms with Gasteiger partial charge in [0.1, 0.15) is 0 Å². The second-order valence-electron chi connectivity index (χ2n) is 0.0833. The molecule has 24 valence electrons. The van der Waals surface area contributed by atoms with Crippen LogP contribution in [0.5, 0.6) is 0 Å². The van der Waals surface area contributed by atoms with Gasteiger partial charge in [0.05, 0.1) is 0 Å². The number of rotatable bonds is 0. The molecule has 0 aliphatic heterocycles. The normalized spacial score (nSPS) is 2.00. The van der Waals surface area contributed by atoms with Crippen molar-refractivity contribution >= 4 is 26.3 Å². The van der Waals surface area contributed by atoms with Crippen LogP contribution in [0, 0.1) is 0 Å². The number of halogens is 1. The van der Waals surface area contributed by atoms with E-state index >= 15 is 0 Å². The molecule has 0 aromatic carbocycles. The highest BCUT2D eigenvalue weighted by molar-refractivity contribution is 8.93. The van der Waals surface area contributed by atoms with Gasteiger partial charge in [-0.2, -0.15) is 0 Å². The quantitative estimate of drug-likeness (QED) is 0.443. The van der Waals surface area contributed by atoms with Gasteiger partial charge >= 0.3 is 9.29 Å². The molecular weight excluding hydrogens is 140 g/mol. The summed E-state index contributed by atoms with van der Waals surface area (Å²) in [6, 6.07) is 0.